The van der Waals surface area contributed by atoms with Crippen LogP contribution in [0.1, 0.15) is 45.6 Å². The second-order valence-electron chi connectivity index (χ2n) is 9.92. The molecule has 2 aliphatic rings. The summed E-state index contributed by atoms with van der Waals surface area (Å²) in [6.07, 6.45) is 2.06. The summed E-state index contributed by atoms with van der Waals surface area (Å²) in [4.78, 5) is 31.6. The number of carbonyl (C=O) groups is 2. The monoisotopic (exact) mass is 479 g/mol. The maximum Gasteiger partial charge on any atom is 0.265 e. The molecule has 4 rings (SSSR count). The van der Waals surface area contributed by atoms with Crippen LogP contribution in [-0.2, 0) is 15.0 Å². The van der Waals surface area contributed by atoms with Crippen LogP contribution in [0.4, 0.5) is 11.4 Å². The van der Waals surface area contributed by atoms with E-state index in [0.29, 0.717) is 32.5 Å². The van der Waals surface area contributed by atoms with Gasteiger partial charge in [0.05, 0.1) is 12.8 Å². The highest BCUT2D eigenvalue weighted by Crippen LogP contribution is 2.37. The maximum absolute atomic E-state index is 12.9. The van der Waals surface area contributed by atoms with E-state index in [9.17, 15) is 9.59 Å². The number of piperazine rings is 1. The minimum Gasteiger partial charge on any atom is -0.497 e. The van der Waals surface area contributed by atoms with E-state index >= 15 is 0 Å². The Kier molecular flexibility index (Phi) is 7.53. The lowest BCUT2D eigenvalue weighted by molar-refractivity contribution is -0.131. The Morgan fingerprint density at radius 1 is 1.06 bits per heavy atom. The lowest BCUT2D eigenvalue weighted by Gasteiger charge is -2.36. The predicted octanol–water partition coefficient (Wildman–Crippen LogP) is 4.24. The number of ether oxygens (including phenoxy) is 2. The summed E-state index contributed by atoms with van der Waals surface area (Å²) in [5, 5.41) is 0. The van der Waals surface area contributed by atoms with Crippen molar-refractivity contribution in [2.45, 2.75) is 45.4 Å². The third-order valence-electron chi connectivity index (χ3n) is 7.41. The lowest BCUT2D eigenvalue weighted by Crippen LogP contribution is -2.49. The average molecular weight is 480 g/mol. The summed E-state index contributed by atoms with van der Waals surface area (Å²) >= 11 is 0. The molecule has 1 saturated heterocycles. The summed E-state index contributed by atoms with van der Waals surface area (Å²) in [6.45, 7) is 10.2. The molecule has 0 atom stereocenters. The van der Waals surface area contributed by atoms with Gasteiger partial charge in [-0.2, -0.15) is 0 Å². The molecular formula is C28H37N3O4. The number of carbonyl (C=O) groups excluding carboxylic acids is 2. The highest BCUT2D eigenvalue weighted by Gasteiger charge is 2.29. The zero-order valence-electron chi connectivity index (χ0n) is 21.4. The third kappa shape index (κ3) is 5.55. The lowest BCUT2D eigenvalue weighted by atomic mass is 9.82. The molecule has 2 heterocycles. The van der Waals surface area contributed by atoms with Crippen molar-refractivity contribution in [2.24, 2.45) is 0 Å². The van der Waals surface area contributed by atoms with E-state index in [1.807, 2.05) is 23.1 Å². The fourth-order valence-electron chi connectivity index (χ4n) is 4.63. The summed E-state index contributed by atoms with van der Waals surface area (Å²) in [5.41, 5.74) is 3.17. The molecule has 7 heteroatoms. The predicted molar refractivity (Wildman–Crippen MR) is 139 cm³/mol. The molecule has 0 aromatic heterocycles. The number of hydrogen-bond donors (Lipinski definition) is 0. The van der Waals surface area contributed by atoms with Crippen molar-refractivity contribution < 1.29 is 19.1 Å². The number of rotatable bonds is 8. The van der Waals surface area contributed by atoms with Gasteiger partial charge in [0.15, 0.2) is 6.61 Å². The van der Waals surface area contributed by atoms with Crippen molar-refractivity contribution in [1.29, 1.82) is 0 Å². The molecule has 7 nitrogen and oxygen atoms in total. The quantitative estimate of drug-likeness (QED) is 0.567. The van der Waals surface area contributed by atoms with Crippen molar-refractivity contribution in [2.75, 3.05) is 56.2 Å². The van der Waals surface area contributed by atoms with E-state index in [1.165, 1.54) is 5.56 Å². The number of anilines is 2. The molecule has 2 aliphatic heterocycles. The van der Waals surface area contributed by atoms with Gasteiger partial charge in [0.1, 0.15) is 11.5 Å². The Balaban J connectivity index is 1.31. The first kappa shape index (κ1) is 24.9. The first-order valence-corrected chi connectivity index (χ1v) is 12.6. The zero-order valence-corrected chi connectivity index (χ0v) is 21.4. The van der Waals surface area contributed by atoms with Gasteiger partial charge >= 0.3 is 0 Å². The Bertz CT molecular complexity index is 1040. The second-order valence-corrected chi connectivity index (χ2v) is 9.92. The zero-order chi connectivity index (χ0) is 25.0. The maximum atomic E-state index is 12.9. The number of methoxy groups -OCH3 is 1. The topological polar surface area (TPSA) is 62.3 Å². The summed E-state index contributed by atoms with van der Waals surface area (Å²) < 4.78 is 10.9. The fraction of sp³-hybridized carbons (Fsp3) is 0.500. The van der Waals surface area contributed by atoms with Crippen LogP contribution in [0, 0.1) is 0 Å². The van der Waals surface area contributed by atoms with Crippen LogP contribution < -0.4 is 19.3 Å². The number of fused-ring (bicyclic) bond motifs is 1. The Hall–Kier alpha value is -3.22. The molecule has 2 aromatic rings. The van der Waals surface area contributed by atoms with E-state index < -0.39 is 0 Å². The summed E-state index contributed by atoms with van der Waals surface area (Å²) in [5.74, 6) is 1.68. The van der Waals surface area contributed by atoms with E-state index in [1.54, 1.807) is 12.0 Å². The molecule has 1 fully saturated rings. The van der Waals surface area contributed by atoms with Gasteiger partial charge in [0.25, 0.3) is 5.91 Å². The van der Waals surface area contributed by atoms with Crippen molar-refractivity contribution >= 4 is 23.2 Å². The molecule has 2 amide bonds. The molecule has 35 heavy (non-hydrogen) atoms. The molecule has 0 bridgehead atoms. The molecule has 0 spiro atoms. The third-order valence-corrected chi connectivity index (χ3v) is 7.41. The van der Waals surface area contributed by atoms with E-state index in [0.717, 1.165) is 42.4 Å². The van der Waals surface area contributed by atoms with Gasteiger partial charge in [-0.3, -0.25) is 9.59 Å². The van der Waals surface area contributed by atoms with Gasteiger partial charge in [-0.15, -0.1) is 0 Å². The Labute approximate surface area is 208 Å². The van der Waals surface area contributed by atoms with Crippen molar-refractivity contribution in [3.8, 4) is 11.5 Å². The van der Waals surface area contributed by atoms with Crippen LogP contribution in [0.25, 0.3) is 0 Å². The van der Waals surface area contributed by atoms with Gasteiger partial charge in [-0.1, -0.05) is 26.8 Å². The highest BCUT2D eigenvalue weighted by atomic mass is 16.5. The molecule has 0 radical (unpaired) electrons. The minimum absolute atomic E-state index is 0.0190. The van der Waals surface area contributed by atoms with Gasteiger partial charge in [-0.05, 0) is 60.2 Å². The number of amides is 2. The van der Waals surface area contributed by atoms with Gasteiger partial charge in [0, 0.05) is 44.8 Å². The van der Waals surface area contributed by atoms with E-state index in [2.05, 4.69) is 49.9 Å². The normalized spacial score (nSPS) is 16.1. The molecule has 2 aromatic carbocycles. The van der Waals surface area contributed by atoms with Crippen LogP contribution >= 0.6 is 0 Å². The van der Waals surface area contributed by atoms with Crippen LogP contribution in [0.15, 0.2) is 42.5 Å². The van der Waals surface area contributed by atoms with Crippen molar-refractivity contribution in [3.63, 3.8) is 0 Å². The highest BCUT2D eigenvalue weighted by molar-refractivity contribution is 5.98. The van der Waals surface area contributed by atoms with Crippen molar-refractivity contribution in [3.05, 3.63) is 48.0 Å². The van der Waals surface area contributed by atoms with Gasteiger partial charge < -0.3 is 24.2 Å². The fourth-order valence-corrected chi connectivity index (χ4v) is 4.63. The second kappa shape index (κ2) is 10.6. The molecule has 0 saturated carbocycles. The molecule has 0 unspecified atom stereocenters. The first-order valence-electron chi connectivity index (χ1n) is 12.6. The van der Waals surface area contributed by atoms with Crippen LogP contribution in [0.5, 0.6) is 11.5 Å². The summed E-state index contributed by atoms with van der Waals surface area (Å²) in [7, 11) is 1.66. The number of hydrogen-bond acceptors (Lipinski definition) is 5. The average Bonchev–Trinajstić information content (AvgIpc) is 2.89. The van der Waals surface area contributed by atoms with Gasteiger partial charge in [0.2, 0.25) is 5.91 Å². The smallest absolute Gasteiger partial charge is 0.265 e. The summed E-state index contributed by atoms with van der Waals surface area (Å²) in [6, 6.07) is 14.2. The van der Waals surface area contributed by atoms with Crippen LogP contribution in [-0.4, -0.2) is 63.2 Å². The van der Waals surface area contributed by atoms with E-state index in [4.69, 9.17) is 9.47 Å². The first-order chi connectivity index (χ1) is 16.8. The molecular weight excluding hydrogens is 442 g/mol. The van der Waals surface area contributed by atoms with E-state index in [-0.39, 0.29) is 23.8 Å². The van der Waals surface area contributed by atoms with Gasteiger partial charge in [-0.25, -0.2) is 0 Å². The SMILES string of the molecule is CCC(C)(C)c1ccc2c(c1)N(CCCC(=O)N1CCN(c3ccc(OC)cc3)CC1)C(=O)CO2. The Morgan fingerprint density at radius 2 is 1.77 bits per heavy atom. The van der Waals surface area contributed by atoms with Crippen molar-refractivity contribution in [1.82, 2.24) is 4.90 Å². The number of benzene rings is 2. The Morgan fingerprint density at radius 3 is 2.43 bits per heavy atom. The molecule has 188 valence electrons. The van der Waals surface area contributed by atoms with Crippen LogP contribution in [0.3, 0.4) is 0 Å². The minimum atomic E-state index is -0.0514. The number of nitrogens with zero attached hydrogens (tertiary/aromatic N) is 3. The van der Waals surface area contributed by atoms with Crippen LogP contribution in [0.2, 0.25) is 0 Å². The molecule has 0 N–H and O–H groups in total. The standard InChI is InChI=1S/C28H37N3O4/c1-5-28(2,3)21-8-13-25-24(19-21)31(27(33)20-35-25)14-6-7-26(32)30-17-15-29(16-18-30)22-9-11-23(34-4)12-10-22/h8-13,19H,5-7,14-18,20H2,1-4H3. The molecule has 0 aliphatic carbocycles. The largest absolute Gasteiger partial charge is 0.497 e.